The summed E-state index contributed by atoms with van der Waals surface area (Å²) < 4.78 is 0. The maximum absolute atomic E-state index is 3.33. The second-order valence-electron chi connectivity index (χ2n) is 3.27. The first kappa shape index (κ1) is 12.9. The van der Waals surface area contributed by atoms with Gasteiger partial charge in [-0.05, 0) is 30.5 Å². The second-order valence-corrected chi connectivity index (χ2v) is 5.42. The van der Waals surface area contributed by atoms with Crippen molar-refractivity contribution in [3.8, 4) is 0 Å². The van der Waals surface area contributed by atoms with Crippen molar-refractivity contribution in [3.05, 3.63) is 29.8 Å². The highest BCUT2D eigenvalue weighted by Gasteiger charge is 1.95. The van der Waals surface area contributed by atoms with Crippen LogP contribution in [0.15, 0.2) is 29.2 Å². The monoisotopic (exact) mass is 241 g/mol. The fourth-order valence-corrected chi connectivity index (χ4v) is 2.78. The molecule has 1 aromatic carbocycles. The second kappa shape index (κ2) is 8.08. The molecule has 0 aliphatic carbocycles. The molecule has 0 heterocycles. The summed E-state index contributed by atoms with van der Waals surface area (Å²) in [7, 11) is 0. The van der Waals surface area contributed by atoms with Crippen LogP contribution >= 0.6 is 23.5 Å². The van der Waals surface area contributed by atoms with Crippen LogP contribution in [0.1, 0.15) is 12.5 Å². The minimum atomic E-state index is 0.978. The Hall–Kier alpha value is -0.120. The lowest BCUT2D eigenvalue weighted by Gasteiger charge is -2.04. The van der Waals surface area contributed by atoms with Gasteiger partial charge >= 0.3 is 0 Å². The lowest BCUT2D eigenvalue weighted by molar-refractivity contribution is 0.726. The molecule has 1 rings (SSSR count). The van der Waals surface area contributed by atoms with Crippen molar-refractivity contribution >= 4 is 23.5 Å². The third-order valence-corrected chi connectivity index (χ3v) is 3.94. The highest BCUT2D eigenvalue weighted by atomic mass is 32.2. The summed E-state index contributed by atoms with van der Waals surface area (Å²) in [4.78, 5) is 1.38. The zero-order valence-electron chi connectivity index (χ0n) is 9.45. The van der Waals surface area contributed by atoms with Gasteiger partial charge in [-0.25, -0.2) is 0 Å². The number of nitrogens with one attached hydrogen (secondary N) is 1. The van der Waals surface area contributed by atoms with Crippen LogP contribution in [0.4, 0.5) is 0 Å². The number of thioether (sulfide) groups is 2. The van der Waals surface area contributed by atoms with Gasteiger partial charge in [-0.2, -0.15) is 11.8 Å². The molecule has 0 fully saturated rings. The molecule has 0 aliphatic rings. The van der Waals surface area contributed by atoms with Crippen LogP contribution in [0.3, 0.4) is 0 Å². The molecule has 0 spiro atoms. The van der Waals surface area contributed by atoms with E-state index in [2.05, 4.69) is 42.8 Å². The topological polar surface area (TPSA) is 12.0 Å². The van der Waals surface area contributed by atoms with Crippen molar-refractivity contribution in [2.24, 2.45) is 0 Å². The fourth-order valence-electron chi connectivity index (χ4n) is 1.22. The molecule has 0 saturated carbocycles. The van der Waals surface area contributed by atoms with Gasteiger partial charge in [0.1, 0.15) is 0 Å². The van der Waals surface area contributed by atoms with Crippen LogP contribution in [0, 0.1) is 0 Å². The van der Waals surface area contributed by atoms with Crippen LogP contribution < -0.4 is 5.32 Å². The van der Waals surface area contributed by atoms with Gasteiger partial charge in [0, 0.05) is 22.9 Å². The zero-order valence-corrected chi connectivity index (χ0v) is 11.1. The SMILES string of the molecule is CCNCc1ccc(SCCSC)cc1. The third kappa shape index (κ3) is 5.50. The summed E-state index contributed by atoms with van der Waals surface area (Å²) in [5.41, 5.74) is 1.37. The number of rotatable bonds is 7. The maximum atomic E-state index is 3.33. The van der Waals surface area contributed by atoms with Crippen molar-refractivity contribution in [1.82, 2.24) is 5.32 Å². The van der Waals surface area contributed by atoms with E-state index >= 15 is 0 Å². The molecule has 15 heavy (non-hydrogen) atoms. The van der Waals surface area contributed by atoms with E-state index in [0.29, 0.717) is 0 Å². The molecule has 0 amide bonds. The molecule has 0 aliphatic heterocycles. The molecule has 0 atom stereocenters. The van der Waals surface area contributed by atoms with Gasteiger partial charge in [0.25, 0.3) is 0 Å². The van der Waals surface area contributed by atoms with Gasteiger partial charge in [-0.1, -0.05) is 19.1 Å². The first-order chi connectivity index (χ1) is 7.36. The van der Waals surface area contributed by atoms with Gasteiger partial charge in [-0.3, -0.25) is 0 Å². The average Bonchev–Trinajstić information content (AvgIpc) is 2.28. The highest BCUT2D eigenvalue weighted by molar-refractivity contribution is 8.02. The van der Waals surface area contributed by atoms with Crippen molar-refractivity contribution in [2.75, 3.05) is 24.3 Å². The molecule has 1 nitrogen and oxygen atoms in total. The summed E-state index contributed by atoms with van der Waals surface area (Å²) in [5.74, 6) is 2.43. The Bertz CT molecular complexity index is 259. The average molecular weight is 241 g/mol. The fraction of sp³-hybridized carbons (Fsp3) is 0.500. The predicted octanol–water partition coefficient (Wildman–Crippen LogP) is 3.25. The van der Waals surface area contributed by atoms with E-state index in [0.717, 1.165) is 13.1 Å². The van der Waals surface area contributed by atoms with Crippen LogP contribution in [0.5, 0.6) is 0 Å². The Labute approximate surface area is 101 Å². The summed E-state index contributed by atoms with van der Waals surface area (Å²) in [6, 6.07) is 8.86. The lowest BCUT2D eigenvalue weighted by Crippen LogP contribution is -2.11. The smallest absolute Gasteiger partial charge is 0.0205 e. The minimum Gasteiger partial charge on any atom is -0.313 e. The van der Waals surface area contributed by atoms with Gasteiger partial charge in [0.15, 0.2) is 0 Å². The molecule has 0 saturated heterocycles. The summed E-state index contributed by atoms with van der Waals surface area (Å²) in [5, 5.41) is 3.33. The first-order valence-corrected chi connectivity index (χ1v) is 7.66. The molecule has 1 N–H and O–H groups in total. The van der Waals surface area contributed by atoms with E-state index < -0.39 is 0 Å². The molecule has 0 bridgehead atoms. The Morgan fingerprint density at radius 1 is 1.13 bits per heavy atom. The van der Waals surface area contributed by atoms with E-state index in [1.807, 2.05) is 23.5 Å². The van der Waals surface area contributed by atoms with E-state index in [1.54, 1.807) is 0 Å². The Morgan fingerprint density at radius 3 is 2.47 bits per heavy atom. The Balaban J connectivity index is 2.35. The summed E-state index contributed by atoms with van der Waals surface area (Å²) in [6.07, 6.45) is 2.15. The molecule has 1 aromatic rings. The summed E-state index contributed by atoms with van der Waals surface area (Å²) in [6.45, 7) is 4.14. The molecule has 0 aromatic heterocycles. The van der Waals surface area contributed by atoms with E-state index in [4.69, 9.17) is 0 Å². The third-order valence-electron chi connectivity index (χ3n) is 2.06. The quantitative estimate of drug-likeness (QED) is 0.581. The largest absolute Gasteiger partial charge is 0.313 e. The van der Waals surface area contributed by atoms with E-state index in [9.17, 15) is 0 Å². The zero-order chi connectivity index (χ0) is 10.9. The van der Waals surface area contributed by atoms with Crippen molar-refractivity contribution < 1.29 is 0 Å². The van der Waals surface area contributed by atoms with Crippen LogP contribution in [-0.4, -0.2) is 24.3 Å². The molecule has 3 heteroatoms. The molecule has 0 unspecified atom stereocenters. The Kier molecular flexibility index (Phi) is 6.98. The van der Waals surface area contributed by atoms with E-state index in [-0.39, 0.29) is 0 Å². The first-order valence-electron chi connectivity index (χ1n) is 5.28. The van der Waals surface area contributed by atoms with Crippen LogP contribution in [0.25, 0.3) is 0 Å². The maximum Gasteiger partial charge on any atom is 0.0205 e. The van der Waals surface area contributed by atoms with Crippen molar-refractivity contribution in [1.29, 1.82) is 0 Å². The van der Waals surface area contributed by atoms with Gasteiger partial charge in [-0.15, -0.1) is 11.8 Å². The molecular weight excluding hydrogens is 222 g/mol. The van der Waals surface area contributed by atoms with Gasteiger partial charge in [0.2, 0.25) is 0 Å². The standard InChI is InChI=1S/C12H19NS2/c1-3-13-10-11-4-6-12(7-5-11)15-9-8-14-2/h4-7,13H,3,8-10H2,1-2H3. The van der Waals surface area contributed by atoms with Crippen LogP contribution in [-0.2, 0) is 6.54 Å². The lowest BCUT2D eigenvalue weighted by atomic mass is 10.2. The molecule has 84 valence electrons. The molecule has 0 radical (unpaired) electrons. The number of hydrogen-bond acceptors (Lipinski definition) is 3. The highest BCUT2D eigenvalue weighted by Crippen LogP contribution is 2.19. The minimum absolute atomic E-state index is 0.978. The summed E-state index contributed by atoms with van der Waals surface area (Å²) >= 11 is 3.84. The Morgan fingerprint density at radius 2 is 1.87 bits per heavy atom. The number of benzene rings is 1. The van der Waals surface area contributed by atoms with Crippen LogP contribution in [0.2, 0.25) is 0 Å². The van der Waals surface area contributed by atoms with Crippen molar-refractivity contribution in [2.45, 2.75) is 18.4 Å². The normalized spacial score (nSPS) is 10.5. The predicted molar refractivity (Wildman–Crippen MR) is 72.9 cm³/mol. The van der Waals surface area contributed by atoms with Crippen molar-refractivity contribution in [3.63, 3.8) is 0 Å². The number of hydrogen-bond donors (Lipinski definition) is 1. The van der Waals surface area contributed by atoms with E-state index in [1.165, 1.54) is 22.0 Å². The van der Waals surface area contributed by atoms with Gasteiger partial charge < -0.3 is 5.32 Å². The van der Waals surface area contributed by atoms with Gasteiger partial charge in [0.05, 0.1) is 0 Å². The molecular formula is C12H19NS2.